The molecule has 0 radical (unpaired) electrons. The fourth-order valence-corrected chi connectivity index (χ4v) is 3.54. The number of anilines is 1. The van der Waals surface area contributed by atoms with E-state index < -0.39 is 10.0 Å². The molecule has 2 aromatic carbocycles. The molecule has 0 fully saturated rings. The van der Waals surface area contributed by atoms with Gasteiger partial charge in [-0.25, -0.2) is 8.42 Å². The van der Waals surface area contributed by atoms with E-state index in [-0.39, 0.29) is 17.3 Å². The van der Waals surface area contributed by atoms with Crippen molar-refractivity contribution in [1.82, 2.24) is 4.31 Å². The predicted molar refractivity (Wildman–Crippen MR) is 97.1 cm³/mol. The van der Waals surface area contributed by atoms with Crippen LogP contribution in [0.5, 0.6) is 5.75 Å². The van der Waals surface area contributed by atoms with Crippen LogP contribution >= 0.6 is 0 Å². The van der Waals surface area contributed by atoms with E-state index >= 15 is 0 Å². The first-order valence-corrected chi connectivity index (χ1v) is 9.15. The highest BCUT2D eigenvalue weighted by atomic mass is 32.2. The SMILES string of the molecule is COc1ccc(S(=O)(=O)N(C)Cc2ccc(C)cc2)cc1NC(C)=O. The number of amides is 1. The summed E-state index contributed by atoms with van der Waals surface area (Å²) in [7, 11) is -0.722. The Morgan fingerprint density at radius 1 is 1.16 bits per heavy atom. The molecule has 25 heavy (non-hydrogen) atoms. The highest BCUT2D eigenvalue weighted by Crippen LogP contribution is 2.29. The largest absolute Gasteiger partial charge is 0.495 e. The number of ether oxygens (including phenoxy) is 1. The molecular weight excluding hydrogens is 340 g/mol. The van der Waals surface area contributed by atoms with Crippen LogP contribution in [0.2, 0.25) is 0 Å². The molecule has 1 N–H and O–H groups in total. The van der Waals surface area contributed by atoms with Gasteiger partial charge in [0.2, 0.25) is 15.9 Å². The third-order valence-electron chi connectivity index (χ3n) is 3.72. The number of hydrogen-bond donors (Lipinski definition) is 1. The maximum atomic E-state index is 12.8. The minimum absolute atomic E-state index is 0.0895. The zero-order valence-corrected chi connectivity index (χ0v) is 15.6. The first kappa shape index (κ1) is 19.0. The van der Waals surface area contributed by atoms with Crippen LogP contribution in [0.4, 0.5) is 5.69 Å². The van der Waals surface area contributed by atoms with E-state index in [1.54, 1.807) is 0 Å². The van der Waals surface area contributed by atoms with Gasteiger partial charge in [-0.1, -0.05) is 29.8 Å². The summed E-state index contributed by atoms with van der Waals surface area (Å²) in [6, 6.07) is 12.1. The van der Waals surface area contributed by atoms with Crippen LogP contribution in [0, 0.1) is 6.92 Å². The van der Waals surface area contributed by atoms with Crippen molar-refractivity contribution in [3.63, 3.8) is 0 Å². The Morgan fingerprint density at radius 2 is 1.80 bits per heavy atom. The van der Waals surface area contributed by atoms with Gasteiger partial charge in [-0.2, -0.15) is 4.31 Å². The second kappa shape index (κ2) is 7.67. The van der Waals surface area contributed by atoms with E-state index in [0.717, 1.165) is 11.1 Å². The minimum Gasteiger partial charge on any atom is -0.495 e. The van der Waals surface area contributed by atoms with Crippen molar-refractivity contribution in [2.45, 2.75) is 25.3 Å². The van der Waals surface area contributed by atoms with Crippen LogP contribution in [0.25, 0.3) is 0 Å². The Bertz CT molecular complexity index is 861. The highest BCUT2D eigenvalue weighted by Gasteiger charge is 2.22. The molecule has 0 bridgehead atoms. The van der Waals surface area contributed by atoms with E-state index in [0.29, 0.717) is 11.4 Å². The van der Waals surface area contributed by atoms with Crippen LogP contribution in [0.3, 0.4) is 0 Å². The van der Waals surface area contributed by atoms with Gasteiger partial charge in [0.15, 0.2) is 0 Å². The fraction of sp³-hybridized carbons (Fsp3) is 0.278. The van der Waals surface area contributed by atoms with E-state index in [2.05, 4.69) is 5.32 Å². The molecule has 6 nitrogen and oxygen atoms in total. The quantitative estimate of drug-likeness (QED) is 0.857. The summed E-state index contributed by atoms with van der Waals surface area (Å²) in [5.41, 5.74) is 2.33. The summed E-state index contributed by atoms with van der Waals surface area (Å²) in [5, 5.41) is 2.58. The fourth-order valence-electron chi connectivity index (χ4n) is 2.35. The Balaban J connectivity index is 2.31. The van der Waals surface area contributed by atoms with Crippen LogP contribution in [0.1, 0.15) is 18.1 Å². The van der Waals surface area contributed by atoms with Crippen LogP contribution in [0.15, 0.2) is 47.4 Å². The molecule has 0 atom stereocenters. The van der Waals surface area contributed by atoms with Gasteiger partial charge in [-0.05, 0) is 30.7 Å². The number of carbonyl (C=O) groups excluding carboxylic acids is 1. The molecule has 2 rings (SSSR count). The lowest BCUT2D eigenvalue weighted by Crippen LogP contribution is -2.26. The monoisotopic (exact) mass is 362 g/mol. The molecule has 0 aliphatic rings. The van der Waals surface area contributed by atoms with Gasteiger partial charge < -0.3 is 10.1 Å². The molecule has 2 aromatic rings. The number of methoxy groups -OCH3 is 1. The molecule has 0 unspecified atom stereocenters. The van der Waals surface area contributed by atoms with Crippen molar-refractivity contribution in [3.8, 4) is 5.75 Å². The lowest BCUT2D eigenvalue weighted by atomic mass is 10.1. The molecule has 134 valence electrons. The van der Waals surface area contributed by atoms with Gasteiger partial charge in [0.1, 0.15) is 5.75 Å². The second-order valence-corrected chi connectivity index (χ2v) is 7.83. The maximum Gasteiger partial charge on any atom is 0.243 e. The zero-order chi connectivity index (χ0) is 18.6. The van der Waals surface area contributed by atoms with Gasteiger partial charge in [0.25, 0.3) is 0 Å². The lowest BCUT2D eigenvalue weighted by molar-refractivity contribution is -0.114. The van der Waals surface area contributed by atoms with Crippen molar-refractivity contribution < 1.29 is 17.9 Å². The molecule has 1 amide bonds. The van der Waals surface area contributed by atoms with Crippen molar-refractivity contribution in [2.75, 3.05) is 19.5 Å². The Morgan fingerprint density at radius 3 is 2.36 bits per heavy atom. The van der Waals surface area contributed by atoms with Gasteiger partial charge in [-0.15, -0.1) is 0 Å². The number of aryl methyl sites for hydroxylation is 1. The standard InChI is InChI=1S/C18H22N2O4S/c1-13-5-7-15(8-6-13)12-20(3)25(22,23)16-9-10-18(24-4)17(11-16)19-14(2)21/h5-11H,12H2,1-4H3,(H,19,21). The average molecular weight is 362 g/mol. The number of benzene rings is 2. The van der Waals surface area contributed by atoms with E-state index in [9.17, 15) is 13.2 Å². The normalized spacial score (nSPS) is 11.4. The Labute approximate surface area is 148 Å². The molecule has 0 aliphatic heterocycles. The van der Waals surface area contributed by atoms with Crippen molar-refractivity contribution >= 4 is 21.6 Å². The van der Waals surface area contributed by atoms with Crippen LogP contribution < -0.4 is 10.1 Å². The van der Waals surface area contributed by atoms with E-state index in [4.69, 9.17) is 4.74 Å². The van der Waals surface area contributed by atoms with Crippen LogP contribution in [-0.2, 0) is 21.4 Å². The number of rotatable bonds is 6. The lowest BCUT2D eigenvalue weighted by Gasteiger charge is -2.19. The molecule has 7 heteroatoms. The maximum absolute atomic E-state index is 12.8. The number of hydrogen-bond acceptors (Lipinski definition) is 4. The summed E-state index contributed by atoms with van der Waals surface area (Å²) < 4.78 is 32.1. The van der Waals surface area contributed by atoms with E-state index in [1.807, 2.05) is 31.2 Å². The summed E-state index contributed by atoms with van der Waals surface area (Å²) in [6.45, 7) is 3.58. The first-order chi connectivity index (χ1) is 11.7. The van der Waals surface area contributed by atoms with Gasteiger partial charge in [0, 0.05) is 20.5 Å². The summed E-state index contributed by atoms with van der Waals surface area (Å²) in [5.74, 6) is 0.0937. The highest BCUT2D eigenvalue weighted by molar-refractivity contribution is 7.89. The molecule has 0 saturated heterocycles. The molecule has 0 saturated carbocycles. The predicted octanol–water partition coefficient (Wildman–Crippen LogP) is 2.78. The van der Waals surface area contributed by atoms with Crippen molar-refractivity contribution in [1.29, 1.82) is 0 Å². The third kappa shape index (κ3) is 4.58. The molecule has 0 heterocycles. The first-order valence-electron chi connectivity index (χ1n) is 7.71. The Hall–Kier alpha value is -2.38. The Kier molecular flexibility index (Phi) is 5.81. The molecule has 0 aromatic heterocycles. The zero-order valence-electron chi connectivity index (χ0n) is 14.7. The smallest absolute Gasteiger partial charge is 0.243 e. The summed E-state index contributed by atoms with van der Waals surface area (Å²) in [4.78, 5) is 11.4. The second-order valence-electron chi connectivity index (χ2n) is 5.79. The average Bonchev–Trinajstić information content (AvgIpc) is 2.56. The number of carbonyl (C=O) groups is 1. The van der Waals surface area contributed by atoms with Crippen molar-refractivity contribution in [2.24, 2.45) is 0 Å². The molecule has 0 spiro atoms. The molecule has 0 aliphatic carbocycles. The van der Waals surface area contributed by atoms with Gasteiger partial charge in [-0.3, -0.25) is 4.79 Å². The number of nitrogens with one attached hydrogen (secondary N) is 1. The molecular formula is C18H22N2O4S. The summed E-state index contributed by atoms with van der Waals surface area (Å²) in [6.07, 6.45) is 0. The van der Waals surface area contributed by atoms with Crippen LogP contribution in [-0.4, -0.2) is 32.8 Å². The summed E-state index contributed by atoms with van der Waals surface area (Å²) >= 11 is 0. The topological polar surface area (TPSA) is 75.7 Å². The third-order valence-corrected chi connectivity index (χ3v) is 5.52. The minimum atomic E-state index is -3.70. The number of nitrogens with zero attached hydrogens (tertiary/aromatic N) is 1. The number of sulfonamides is 1. The van der Waals surface area contributed by atoms with E-state index in [1.165, 1.54) is 43.6 Å². The van der Waals surface area contributed by atoms with Gasteiger partial charge >= 0.3 is 0 Å². The van der Waals surface area contributed by atoms with Gasteiger partial charge in [0.05, 0.1) is 17.7 Å². The van der Waals surface area contributed by atoms with Crippen molar-refractivity contribution in [3.05, 3.63) is 53.6 Å².